The number of aliphatic hydroxyl groups excluding tert-OH is 1. The minimum absolute atomic E-state index is 0.198. The highest BCUT2D eigenvalue weighted by molar-refractivity contribution is 6.99. The largest absolute Gasteiger partial charge is 0.473 e. The summed E-state index contributed by atoms with van der Waals surface area (Å²) < 4.78 is 13.0. The van der Waals surface area contributed by atoms with Crippen LogP contribution in [0.4, 0.5) is 0 Å². The van der Waals surface area contributed by atoms with Crippen molar-refractivity contribution in [2.45, 2.75) is 44.2 Å². The lowest BCUT2D eigenvalue weighted by Crippen LogP contribution is -2.44. The average Bonchev–Trinajstić information content (AvgIpc) is 2.95. The summed E-state index contributed by atoms with van der Waals surface area (Å²) in [6.45, 7) is 3.04. The molecule has 2 N–H and O–H groups in total. The van der Waals surface area contributed by atoms with E-state index in [1.165, 1.54) is 25.7 Å². The number of β-amino-alcohol motifs (C(OH)–C–C–N with tert-alkyl or cyclic N) is 1. The lowest BCUT2D eigenvalue weighted by molar-refractivity contribution is 0.0961. The van der Waals surface area contributed by atoms with Crippen molar-refractivity contribution < 1.29 is 9.84 Å². The van der Waals surface area contributed by atoms with Gasteiger partial charge in [0.25, 0.3) is 0 Å². The van der Waals surface area contributed by atoms with Crippen LogP contribution in [0.15, 0.2) is 6.20 Å². The molecule has 96 valence electrons. The van der Waals surface area contributed by atoms with Crippen LogP contribution in [0.2, 0.25) is 0 Å². The summed E-state index contributed by atoms with van der Waals surface area (Å²) >= 11 is 1.10. The summed E-state index contributed by atoms with van der Waals surface area (Å²) in [6, 6.07) is 0. The van der Waals surface area contributed by atoms with Gasteiger partial charge in [-0.15, -0.1) is 4.37 Å². The van der Waals surface area contributed by atoms with E-state index in [-0.39, 0.29) is 12.1 Å². The molecular weight excluding hydrogens is 238 g/mol. The molecule has 0 amide bonds. The van der Waals surface area contributed by atoms with Crippen molar-refractivity contribution >= 4 is 11.7 Å². The monoisotopic (exact) mass is 257 g/mol. The van der Waals surface area contributed by atoms with Crippen LogP contribution in [0.5, 0.6) is 5.88 Å². The van der Waals surface area contributed by atoms with E-state index in [1.807, 2.05) is 0 Å². The molecular formula is C11H19N3O2S. The molecule has 1 saturated carbocycles. The van der Waals surface area contributed by atoms with Gasteiger partial charge in [-0.3, -0.25) is 0 Å². The van der Waals surface area contributed by atoms with Crippen LogP contribution in [-0.4, -0.2) is 38.6 Å². The van der Waals surface area contributed by atoms with Gasteiger partial charge in [-0.25, -0.2) is 0 Å². The fourth-order valence-electron chi connectivity index (χ4n) is 2.16. The second kappa shape index (κ2) is 5.75. The van der Waals surface area contributed by atoms with E-state index in [2.05, 4.69) is 21.0 Å². The van der Waals surface area contributed by atoms with E-state index >= 15 is 0 Å². The molecule has 1 fully saturated rings. The Bertz CT molecular complexity index is 325. The fraction of sp³-hybridized carbons (Fsp3) is 0.818. The molecule has 1 atom stereocenters. The van der Waals surface area contributed by atoms with Gasteiger partial charge < -0.3 is 15.2 Å². The van der Waals surface area contributed by atoms with Gasteiger partial charge in [0, 0.05) is 12.1 Å². The van der Waals surface area contributed by atoms with Gasteiger partial charge in [0.1, 0.15) is 18.9 Å². The smallest absolute Gasteiger partial charge is 0.245 e. The molecule has 6 heteroatoms. The molecule has 0 bridgehead atoms. The van der Waals surface area contributed by atoms with E-state index in [4.69, 9.17) is 4.74 Å². The van der Waals surface area contributed by atoms with Gasteiger partial charge in [0.2, 0.25) is 5.88 Å². The molecule has 0 spiro atoms. The maximum atomic E-state index is 9.79. The highest BCUT2D eigenvalue weighted by atomic mass is 32.1. The van der Waals surface area contributed by atoms with E-state index in [9.17, 15) is 5.11 Å². The molecule has 5 nitrogen and oxygen atoms in total. The quantitative estimate of drug-likeness (QED) is 0.801. The number of aromatic nitrogens is 2. The number of nitrogens with one attached hydrogen (secondary N) is 1. The Morgan fingerprint density at radius 2 is 2.35 bits per heavy atom. The Balaban J connectivity index is 1.65. The Hall–Kier alpha value is -0.720. The van der Waals surface area contributed by atoms with E-state index in [0.717, 1.165) is 11.7 Å². The number of hydrogen-bond donors (Lipinski definition) is 2. The first kappa shape index (κ1) is 12.7. The van der Waals surface area contributed by atoms with Gasteiger partial charge in [0.15, 0.2) is 0 Å². The summed E-state index contributed by atoms with van der Waals surface area (Å²) in [6.07, 6.45) is 5.99. The number of rotatable bonds is 6. The standard InChI is InChI=1S/C11H19N3O2S/c1-11(4-2-3-5-11)12-6-9(15)8-16-10-7-13-17-14-10/h7,9,12,15H,2-6,8H2,1H3. The summed E-state index contributed by atoms with van der Waals surface area (Å²) in [5.41, 5.74) is 0.198. The topological polar surface area (TPSA) is 67.3 Å². The minimum atomic E-state index is -0.505. The highest BCUT2D eigenvalue weighted by Crippen LogP contribution is 2.28. The fourth-order valence-corrected chi connectivity index (χ4v) is 2.52. The lowest BCUT2D eigenvalue weighted by Gasteiger charge is -2.26. The Kier molecular flexibility index (Phi) is 4.31. The predicted octanol–water partition coefficient (Wildman–Crippen LogP) is 1.20. The van der Waals surface area contributed by atoms with Crippen molar-refractivity contribution in [3.05, 3.63) is 6.20 Å². The first-order valence-corrected chi connectivity index (χ1v) is 6.74. The van der Waals surface area contributed by atoms with Gasteiger partial charge in [-0.05, 0) is 19.8 Å². The zero-order chi connectivity index (χ0) is 12.1. The zero-order valence-corrected chi connectivity index (χ0v) is 10.9. The third-order valence-electron chi connectivity index (χ3n) is 3.24. The molecule has 1 aliphatic rings. The van der Waals surface area contributed by atoms with E-state index in [1.54, 1.807) is 6.20 Å². The summed E-state index contributed by atoms with van der Waals surface area (Å²) in [5.74, 6) is 0.487. The van der Waals surface area contributed by atoms with Crippen molar-refractivity contribution in [3.63, 3.8) is 0 Å². The third-order valence-corrected chi connectivity index (χ3v) is 3.70. The SMILES string of the molecule is CC1(NCC(O)COc2cnsn2)CCCC1. The van der Waals surface area contributed by atoms with Gasteiger partial charge in [-0.2, -0.15) is 4.37 Å². The second-order valence-corrected chi connectivity index (χ2v) is 5.42. The van der Waals surface area contributed by atoms with Crippen molar-refractivity contribution in [2.75, 3.05) is 13.2 Å². The van der Waals surface area contributed by atoms with Crippen molar-refractivity contribution in [3.8, 4) is 5.88 Å². The summed E-state index contributed by atoms with van der Waals surface area (Å²) in [4.78, 5) is 0. The van der Waals surface area contributed by atoms with Crippen LogP contribution < -0.4 is 10.1 Å². The minimum Gasteiger partial charge on any atom is -0.473 e. The number of hydrogen-bond acceptors (Lipinski definition) is 6. The lowest BCUT2D eigenvalue weighted by atomic mass is 10.0. The molecule has 1 unspecified atom stereocenters. The van der Waals surface area contributed by atoms with Gasteiger partial charge in [-0.1, -0.05) is 12.8 Å². The Labute approximate surface area is 106 Å². The molecule has 2 rings (SSSR count). The van der Waals surface area contributed by atoms with Crippen LogP contribution >= 0.6 is 11.7 Å². The molecule has 0 radical (unpaired) electrons. The third kappa shape index (κ3) is 3.90. The summed E-state index contributed by atoms with van der Waals surface area (Å²) in [5, 5.41) is 13.2. The predicted molar refractivity (Wildman–Crippen MR) is 66.3 cm³/mol. The molecule has 1 aromatic heterocycles. The van der Waals surface area contributed by atoms with E-state index in [0.29, 0.717) is 12.4 Å². The average molecular weight is 257 g/mol. The maximum absolute atomic E-state index is 9.79. The molecule has 1 aliphatic carbocycles. The van der Waals surface area contributed by atoms with Crippen LogP contribution in [0.1, 0.15) is 32.6 Å². The normalized spacial score (nSPS) is 20.4. The number of nitrogens with zero attached hydrogens (tertiary/aromatic N) is 2. The Morgan fingerprint density at radius 1 is 1.59 bits per heavy atom. The first-order chi connectivity index (χ1) is 8.18. The van der Waals surface area contributed by atoms with E-state index < -0.39 is 6.10 Å². The second-order valence-electron chi connectivity index (χ2n) is 4.86. The van der Waals surface area contributed by atoms with Crippen molar-refractivity contribution in [2.24, 2.45) is 0 Å². The van der Waals surface area contributed by atoms with Crippen molar-refractivity contribution in [1.29, 1.82) is 0 Å². The van der Waals surface area contributed by atoms with Crippen LogP contribution in [0, 0.1) is 0 Å². The molecule has 0 aliphatic heterocycles. The molecule has 1 heterocycles. The van der Waals surface area contributed by atoms with Gasteiger partial charge >= 0.3 is 0 Å². The molecule has 0 saturated heterocycles. The van der Waals surface area contributed by atoms with Crippen molar-refractivity contribution in [1.82, 2.24) is 14.1 Å². The molecule has 1 aromatic rings. The zero-order valence-electron chi connectivity index (χ0n) is 10.1. The first-order valence-electron chi connectivity index (χ1n) is 6.01. The van der Waals surface area contributed by atoms with Crippen LogP contribution in [0.3, 0.4) is 0 Å². The van der Waals surface area contributed by atoms with Gasteiger partial charge in [0.05, 0.1) is 11.7 Å². The Morgan fingerprint density at radius 3 is 3.00 bits per heavy atom. The molecule has 17 heavy (non-hydrogen) atoms. The maximum Gasteiger partial charge on any atom is 0.245 e. The number of aliphatic hydroxyl groups is 1. The summed E-state index contributed by atoms with van der Waals surface area (Å²) in [7, 11) is 0. The van der Waals surface area contributed by atoms with Crippen LogP contribution in [0.25, 0.3) is 0 Å². The highest BCUT2D eigenvalue weighted by Gasteiger charge is 2.28. The number of ether oxygens (including phenoxy) is 1. The van der Waals surface area contributed by atoms with Crippen LogP contribution in [-0.2, 0) is 0 Å². The molecule has 0 aromatic carbocycles.